The van der Waals surface area contributed by atoms with Crippen LogP contribution >= 0.6 is 0 Å². The fraction of sp³-hybridized carbons (Fsp3) is 1.00. The average molecular weight is 182 g/mol. The van der Waals surface area contributed by atoms with E-state index >= 15 is 0 Å². The normalized spacial score (nSPS) is 51.2. The molecule has 0 nitrogen and oxygen atoms in total. The van der Waals surface area contributed by atoms with Crippen LogP contribution in [0.2, 0.25) is 0 Å². The van der Waals surface area contributed by atoms with Crippen LogP contribution in [-0.2, 0) is 0 Å². The van der Waals surface area contributed by atoms with Gasteiger partial charge in [-0.3, -0.25) is 0 Å². The van der Waals surface area contributed by atoms with Gasteiger partial charge < -0.3 is 0 Å². The zero-order valence-corrected chi connectivity index (χ0v) is 10.2. The monoisotopic (exact) mass is 182 g/mol. The summed E-state index contributed by atoms with van der Waals surface area (Å²) in [5, 5.41) is 0. The van der Waals surface area contributed by atoms with Gasteiger partial charge >= 0.3 is 0 Å². The summed E-state index contributed by atoms with van der Waals surface area (Å²) in [6.07, 6.45) is 2.74. The Kier molecular flexibility index (Phi) is 3.09. The summed E-state index contributed by atoms with van der Waals surface area (Å²) in [6, 6.07) is 0. The van der Waals surface area contributed by atoms with Gasteiger partial charge in [-0.15, -0.1) is 0 Å². The summed E-state index contributed by atoms with van der Waals surface area (Å²) in [7, 11) is 0. The average Bonchev–Trinajstić information content (AvgIpc) is 2.23. The van der Waals surface area contributed by atoms with Crippen molar-refractivity contribution in [2.75, 3.05) is 0 Å². The van der Waals surface area contributed by atoms with Crippen molar-refractivity contribution < 1.29 is 0 Å². The third-order valence-electron chi connectivity index (χ3n) is 5.28. The Morgan fingerprint density at radius 2 is 1.31 bits per heavy atom. The first-order valence-electron chi connectivity index (χ1n) is 5.95. The first-order valence-corrected chi connectivity index (χ1v) is 5.95. The maximum atomic E-state index is 2.51. The van der Waals surface area contributed by atoms with Crippen LogP contribution in [0.15, 0.2) is 0 Å². The van der Waals surface area contributed by atoms with E-state index in [0.717, 1.165) is 23.7 Å². The van der Waals surface area contributed by atoms with E-state index in [1.807, 2.05) is 0 Å². The lowest BCUT2D eigenvalue weighted by molar-refractivity contribution is 0.146. The zero-order valence-electron chi connectivity index (χ0n) is 10.2. The standard InChI is InChI=1S/C13H26/c1-7-8-13(6)11(4)9(2)10(3)12(13)5/h9-12H,7-8H2,1-6H3/t9-,10+,11-,12+,13?. The molecule has 0 N–H and O–H groups in total. The molecule has 1 fully saturated rings. The molecule has 78 valence electrons. The van der Waals surface area contributed by atoms with Gasteiger partial charge in [0, 0.05) is 0 Å². The minimum Gasteiger partial charge on any atom is -0.0654 e. The highest BCUT2D eigenvalue weighted by Crippen LogP contribution is 2.55. The van der Waals surface area contributed by atoms with Gasteiger partial charge in [-0.2, -0.15) is 0 Å². The predicted octanol–water partition coefficient (Wildman–Crippen LogP) is 4.35. The molecule has 0 saturated heterocycles. The van der Waals surface area contributed by atoms with E-state index in [1.54, 1.807) is 0 Å². The van der Waals surface area contributed by atoms with Crippen LogP contribution in [0, 0.1) is 29.1 Å². The highest BCUT2D eigenvalue weighted by Gasteiger charge is 2.49. The van der Waals surface area contributed by atoms with Crippen molar-refractivity contribution in [2.45, 2.75) is 54.4 Å². The molecule has 0 aliphatic heterocycles. The Bertz CT molecular complexity index is 157. The van der Waals surface area contributed by atoms with Crippen LogP contribution < -0.4 is 0 Å². The molecular weight excluding hydrogens is 156 g/mol. The third kappa shape index (κ3) is 1.53. The van der Waals surface area contributed by atoms with Crippen molar-refractivity contribution in [2.24, 2.45) is 29.1 Å². The van der Waals surface area contributed by atoms with Gasteiger partial charge in [-0.05, 0) is 35.5 Å². The van der Waals surface area contributed by atoms with Crippen molar-refractivity contribution in [1.29, 1.82) is 0 Å². The Morgan fingerprint density at radius 3 is 1.62 bits per heavy atom. The maximum Gasteiger partial charge on any atom is -0.0269 e. The van der Waals surface area contributed by atoms with Crippen molar-refractivity contribution in [3.8, 4) is 0 Å². The number of hydrogen-bond acceptors (Lipinski definition) is 0. The van der Waals surface area contributed by atoms with Crippen LogP contribution in [0.1, 0.15) is 54.4 Å². The minimum absolute atomic E-state index is 0.605. The zero-order chi connectivity index (χ0) is 10.2. The van der Waals surface area contributed by atoms with Crippen molar-refractivity contribution >= 4 is 0 Å². The molecule has 0 bridgehead atoms. The molecule has 0 heterocycles. The molecule has 1 rings (SSSR count). The lowest BCUT2D eigenvalue weighted by Crippen LogP contribution is -2.27. The van der Waals surface area contributed by atoms with Gasteiger partial charge in [-0.25, -0.2) is 0 Å². The maximum absolute atomic E-state index is 2.51. The van der Waals surface area contributed by atoms with Gasteiger partial charge in [0.05, 0.1) is 0 Å². The van der Waals surface area contributed by atoms with Gasteiger partial charge in [0.25, 0.3) is 0 Å². The van der Waals surface area contributed by atoms with E-state index in [0.29, 0.717) is 5.41 Å². The van der Waals surface area contributed by atoms with Crippen molar-refractivity contribution in [1.82, 2.24) is 0 Å². The molecule has 5 atom stereocenters. The second-order valence-electron chi connectivity index (χ2n) is 5.55. The Hall–Kier alpha value is 0. The van der Waals surface area contributed by atoms with Crippen molar-refractivity contribution in [3.05, 3.63) is 0 Å². The molecule has 1 saturated carbocycles. The molecule has 1 aliphatic carbocycles. The highest BCUT2D eigenvalue weighted by molar-refractivity contribution is 4.97. The van der Waals surface area contributed by atoms with Crippen molar-refractivity contribution in [3.63, 3.8) is 0 Å². The molecule has 0 aromatic heterocycles. The molecule has 0 aromatic carbocycles. The molecule has 0 heteroatoms. The van der Waals surface area contributed by atoms with E-state index in [4.69, 9.17) is 0 Å². The number of hydrogen-bond donors (Lipinski definition) is 0. The van der Waals surface area contributed by atoms with E-state index < -0.39 is 0 Å². The molecule has 0 spiro atoms. The summed E-state index contributed by atoms with van der Waals surface area (Å²) in [6.45, 7) is 14.6. The van der Waals surface area contributed by atoms with Crippen LogP contribution in [0.25, 0.3) is 0 Å². The molecule has 1 aliphatic rings. The Morgan fingerprint density at radius 1 is 0.923 bits per heavy atom. The SMILES string of the molecule is CCCC1(C)[C@H](C)[C@H](C)[C@H](C)[C@@H]1C. The topological polar surface area (TPSA) is 0 Å². The summed E-state index contributed by atoms with van der Waals surface area (Å²) in [4.78, 5) is 0. The molecular formula is C13H26. The fourth-order valence-electron chi connectivity index (χ4n) is 3.52. The molecule has 0 amide bonds. The first kappa shape index (κ1) is 11.1. The summed E-state index contributed by atoms with van der Waals surface area (Å²) in [5.74, 6) is 3.62. The van der Waals surface area contributed by atoms with Crippen LogP contribution in [0.4, 0.5) is 0 Å². The second-order valence-corrected chi connectivity index (χ2v) is 5.55. The van der Waals surface area contributed by atoms with Crippen LogP contribution in [0.3, 0.4) is 0 Å². The summed E-state index contributed by atoms with van der Waals surface area (Å²) >= 11 is 0. The lowest BCUT2D eigenvalue weighted by atomic mass is 9.70. The highest BCUT2D eigenvalue weighted by atomic mass is 14.5. The van der Waals surface area contributed by atoms with Crippen LogP contribution in [0.5, 0.6) is 0 Å². The largest absolute Gasteiger partial charge is 0.0654 e. The third-order valence-corrected chi connectivity index (χ3v) is 5.28. The second kappa shape index (κ2) is 3.63. The van der Waals surface area contributed by atoms with Gasteiger partial charge in [0.2, 0.25) is 0 Å². The van der Waals surface area contributed by atoms with E-state index in [-0.39, 0.29) is 0 Å². The van der Waals surface area contributed by atoms with E-state index in [9.17, 15) is 0 Å². The fourth-order valence-corrected chi connectivity index (χ4v) is 3.52. The van der Waals surface area contributed by atoms with Gasteiger partial charge in [0.15, 0.2) is 0 Å². The molecule has 13 heavy (non-hydrogen) atoms. The van der Waals surface area contributed by atoms with E-state index in [1.165, 1.54) is 12.8 Å². The van der Waals surface area contributed by atoms with Gasteiger partial charge in [0.1, 0.15) is 0 Å². The quantitative estimate of drug-likeness (QED) is 0.595. The molecule has 1 unspecified atom stereocenters. The summed E-state index contributed by atoms with van der Waals surface area (Å²) in [5.41, 5.74) is 0.605. The summed E-state index contributed by atoms with van der Waals surface area (Å²) < 4.78 is 0. The number of rotatable bonds is 2. The minimum atomic E-state index is 0.605. The molecule has 0 radical (unpaired) electrons. The van der Waals surface area contributed by atoms with E-state index in [2.05, 4.69) is 41.5 Å². The van der Waals surface area contributed by atoms with Crippen LogP contribution in [-0.4, -0.2) is 0 Å². The predicted molar refractivity (Wildman–Crippen MR) is 59.7 cm³/mol. The van der Waals surface area contributed by atoms with Gasteiger partial charge in [-0.1, -0.05) is 48.0 Å². The lowest BCUT2D eigenvalue weighted by Gasteiger charge is -2.34. The smallest absolute Gasteiger partial charge is 0.0269 e. The molecule has 0 aromatic rings. The Balaban J connectivity index is 2.85. The Labute approximate surface area is 84.1 Å². The first-order chi connectivity index (χ1) is 5.95.